The number of anilines is 1. The minimum absolute atomic E-state index is 0.0507. The fourth-order valence-corrected chi connectivity index (χ4v) is 3.05. The van der Waals surface area contributed by atoms with E-state index in [2.05, 4.69) is 10.6 Å². The van der Waals surface area contributed by atoms with Crippen molar-refractivity contribution in [3.63, 3.8) is 0 Å². The summed E-state index contributed by atoms with van der Waals surface area (Å²) in [7, 11) is 3.03. The van der Waals surface area contributed by atoms with Crippen LogP contribution >= 0.6 is 0 Å². The molecule has 2 aromatic carbocycles. The second kappa shape index (κ2) is 9.79. The van der Waals surface area contributed by atoms with Crippen LogP contribution in [-0.4, -0.2) is 63.7 Å². The lowest BCUT2D eigenvalue weighted by Crippen LogP contribution is -2.46. The number of carbonyl (C=O) groups excluding carboxylic acids is 2. The Labute approximate surface area is 169 Å². The third-order valence-electron chi connectivity index (χ3n) is 4.55. The van der Waals surface area contributed by atoms with E-state index in [1.165, 1.54) is 14.2 Å². The second-order valence-corrected chi connectivity index (χ2v) is 6.44. The summed E-state index contributed by atoms with van der Waals surface area (Å²) in [4.78, 5) is 26.7. The third-order valence-corrected chi connectivity index (χ3v) is 4.55. The van der Waals surface area contributed by atoms with Crippen molar-refractivity contribution in [2.24, 2.45) is 0 Å². The zero-order valence-electron chi connectivity index (χ0n) is 16.6. The molecule has 1 fully saturated rings. The van der Waals surface area contributed by atoms with Crippen LogP contribution in [0.25, 0.3) is 0 Å². The van der Waals surface area contributed by atoms with Gasteiger partial charge < -0.3 is 29.7 Å². The number of hydrogen-bond acceptors (Lipinski definition) is 6. The first-order valence-electron chi connectivity index (χ1n) is 9.36. The summed E-state index contributed by atoms with van der Waals surface area (Å²) in [5, 5.41) is 5.97. The molecule has 154 valence electrons. The first-order valence-corrected chi connectivity index (χ1v) is 9.36. The molecule has 29 heavy (non-hydrogen) atoms. The number of benzene rings is 2. The molecule has 0 aliphatic carbocycles. The van der Waals surface area contributed by atoms with Crippen LogP contribution in [0, 0.1) is 0 Å². The van der Waals surface area contributed by atoms with Crippen molar-refractivity contribution in [2.75, 3.05) is 52.3 Å². The number of rotatable bonds is 7. The molecule has 3 rings (SSSR count). The Morgan fingerprint density at radius 1 is 1.00 bits per heavy atom. The van der Waals surface area contributed by atoms with Crippen molar-refractivity contribution in [1.82, 2.24) is 10.2 Å². The molecule has 1 heterocycles. The minimum atomic E-state index is -0.336. The molecule has 0 radical (unpaired) electrons. The Bertz CT molecular complexity index is 865. The van der Waals surface area contributed by atoms with Crippen molar-refractivity contribution >= 4 is 17.5 Å². The van der Waals surface area contributed by atoms with Gasteiger partial charge in [-0.25, -0.2) is 0 Å². The first kappa shape index (κ1) is 20.5. The molecule has 2 N–H and O–H groups in total. The lowest BCUT2D eigenvalue weighted by molar-refractivity contribution is -0.118. The standard InChI is InChI=1S/C21H25N3O5/c1-27-17-6-4-3-5-16(17)23-20(25)14-29-18-8-7-15(13-19(18)28-2)21(26)24-11-9-22-10-12-24/h3-8,13,22H,9-12,14H2,1-2H3,(H,23,25). The van der Waals surface area contributed by atoms with Gasteiger partial charge in [0, 0.05) is 31.7 Å². The average Bonchev–Trinajstić information content (AvgIpc) is 2.78. The van der Waals surface area contributed by atoms with Crippen molar-refractivity contribution in [1.29, 1.82) is 0 Å². The summed E-state index contributed by atoms with van der Waals surface area (Å²) < 4.78 is 16.2. The number of amides is 2. The number of ether oxygens (including phenoxy) is 3. The predicted octanol–water partition coefficient (Wildman–Crippen LogP) is 1.77. The summed E-state index contributed by atoms with van der Waals surface area (Å²) in [6.07, 6.45) is 0. The number of methoxy groups -OCH3 is 2. The predicted molar refractivity (Wildman–Crippen MR) is 109 cm³/mol. The van der Waals surface area contributed by atoms with E-state index in [4.69, 9.17) is 14.2 Å². The number of carbonyl (C=O) groups is 2. The van der Waals surface area contributed by atoms with Crippen LogP contribution in [0.15, 0.2) is 42.5 Å². The smallest absolute Gasteiger partial charge is 0.262 e. The van der Waals surface area contributed by atoms with E-state index in [1.807, 2.05) is 6.07 Å². The summed E-state index contributed by atoms with van der Waals surface area (Å²) in [5.74, 6) is 0.965. The molecule has 0 saturated carbocycles. The second-order valence-electron chi connectivity index (χ2n) is 6.44. The zero-order chi connectivity index (χ0) is 20.6. The van der Waals surface area contributed by atoms with E-state index in [0.717, 1.165) is 13.1 Å². The summed E-state index contributed by atoms with van der Waals surface area (Å²) >= 11 is 0. The number of nitrogens with zero attached hydrogens (tertiary/aromatic N) is 1. The van der Waals surface area contributed by atoms with Gasteiger partial charge in [-0.15, -0.1) is 0 Å². The molecular weight excluding hydrogens is 374 g/mol. The maximum absolute atomic E-state index is 12.6. The highest BCUT2D eigenvalue weighted by Gasteiger charge is 2.20. The normalized spacial score (nSPS) is 13.5. The van der Waals surface area contributed by atoms with Crippen LogP contribution in [0.1, 0.15) is 10.4 Å². The summed E-state index contributed by atoms with van der Waals surface area (Å²) in [5.41, 5.74) is 1.09. The molecule has 8 nitrogen and oxygen atoms in total. The van der Waals surface area contributed by atoms with E-state index in [0.29, 0.717) is 41.6 Å². The van der Waals surface area contributed by atoms with Gasteiger partial charge in [0.15, 0.2) is 18.1 Å². The molecule has 0 spiro atoms. The molecule has 0 bridgehead atoms. The molecule has 0 unspecified atom stereocenters. The van der Waals surface area contributed by atoms with Crippen LogP contribution in [0.4, 0.5) is 5.69 Å². The van der Waals surface area contributed by atoms with E-state index >= 15 is 0 Å². The number of nitrogens with one attached hydrogen (secondary N) is 2. The molecule has 2 aromatic rings. The lowest BCUT2D eigenvalue weighted by Gasteiger charge is -2.27. The SMILES string of the molecule is COc1ccccc1NC(=O)COc1ccc(C(=O)N2CCNCC2)cc1OC. The molecular formula is C21H25N3O5. The molecule has 1 aliphatic heterocycles. The van der Waals surface area contributed by atoms with Gasteiger partial charge in [0.05, 0.1) is 19.9 Å². The van der Waals surface area contributed by atoms with Gasteiger partial charge in [0.1, 0.15) is 5.75 Å². The Hall–Kier alpha value is -3.26. The maximum Gasteiger partial charge on any atom is 0.262 e. The molecule has 1 saturated heterocycles. The van der Waals surface area contributed by atoms with E-state index < -0.39 is 0 Å². The number of piperazine rings is 1. The van der Waals surface area contributed by atoms with Crippen molar-refractivity contribution in [3.8, 4) is 17.2 Å². The van der Waals surface area contributed by atoms with Gasteiger partial charge in [0.25, 0.3) is 11.8 Å². The Kier molecular flexibility index (Phi) is 6.91. The van der Waals surface area contributed by atoms with E-state index in [9.17, 15) is 9.59 Å². The van der Waals surface area contributed by atoms with Gasteiger partial charge in [-0.05, 0) is 30.3 Å². The van der Waals surface area contributed by atoms with Crippen LogP contribution in [0.2, 0.25) is 0 Å². The number of hydrogen-bond donors (Lipinski definition) is 2. The van der Waals surface area contributed by atoms with E-state index in [-0.39, 0.29) is 18.4 Å². The van der Waals surface area contributed by atoms with Crippen LogP contribution in [-0.2, 0) is 4.79 Å². The highest BCUT2D eigenvalue weighted by atomic mass is 16.5. The quantitative estimate of drug-likeness (QED) is 0.738. The lowest BCUT2D eigenvalue weighted by atomic mass is 10.1. The van der Waals surface area contributed by atoms with Gasteiger partial charge in [-0.3, -0.25) is 9.59 Å². The highest BCUT2D eigenvalue weighted by Crippen LogP contribution is 2.29. The fraction of sp³-hybridized carbons (Fsp3) is 0.333. The monoisotopic (exact) mass is 399 g/mol. The maximum atomic E-state index is 12.6. The molecule has 0 atom stereocenters. The van der Waals surface area contributed by atoms with Gasteiger partial charge >= 0.3 is 0 Å². The van der Waals surface area contributed by atoms with Crippen molar-refractivity contribution in [3.05, 3.63) is 48.0 Å². The summed E-state index contributed by atoms with van der Waals surface area (Å²) in [6.45, 7) is 2.70. The van der Waals surface area contributed by atoms with Gasteiger partial charge in [-0.1, -0.05) is 12.1 Å². The molecule has 1 aliphatic rings. The molecule has 8 heteroatoms. The van der Waals surface area contributed by atoms with Gasteiger partial charge in [-0.2, -0.15) is 0 Å². The Morgan fingerprint density at radius 3 is 2.45 bits per heavy atom. The van der Waals surface area contributed by atoms with Crippen LogP contribution in [0.5, 0.6) is 17.2 Å². The molecule has 0 aromatic heterocycles. The number of para-hydroxylation sites is 2. The first-order chi connectivity index (χ1) is 14.1. The molecule has 2 amide bonds. The zero-order valence-corrected chi connectivity index (χ0v) is 16.6. The van der Waals surface area contributed by atoms with Crippen LogP contribution < -0.4 is 24.8 Å². The Balaban J connectivity index is 1.63. The minimum Gasteiger partial charge on any atom is -0.495 e. The largest absolute Gasteiger partial charge is 0.495 e. The van der Waals surface area contributed by atoms with E-state index in [1.54, 1.807) is 41.3 Å². The third kappa shape index (κ3) is 5.17. The van der Waals surface area contributed by atoms with Gasteiger partial charge in [0.2, 0.25) is 0 Å². The highest BCUT2D eigenvalue weighted by molar-refractivity contribution is 5.95. The topological polar surface area (TPSA) is 89.1 Å². The summed E-state index contributed by atoms with van der Waals surface area (Å²) in [6, 6.07) is 12.1. The Morgan fingerprint density at radius 2 is 1.72 bits per heavy atom. The average molecular weight is 399 g/mol. The fourth-order valence-electron chi connectivity index (χ4n) is 3.05. The van der Waals surface area contributed by atoms with Crippen molar-refractivity contribution < 1.29 is 23.8 Å². The van der Waals surface area contributed by atoms with Crippen molar-refractivity contribution in [2.45, 2.75) is 0 Å². The van der Waals surface area contributed by atoms with Crippen LogP contribution in [0.3, 0.4) is 0 Å².